The second-order valence-electron chi connectivity index (χ2n) is 4.83. The molecule has 0 bridgehead atoms. The van der Waals surface area contributed by atoms with Crippen LogP contribution < -0.4 is 10.6 Å². The van der Waals surface area contributed by atoms with Crippen LogP contribution in [-0.4, -0.2) is 38.4 Å². The molecule has 1 aliphatic rings. The molecular formula is C12H19ClN2O3S2. The van der Waals surface area contributed by atoms with Gasteiger partial charge in [0.2, 0.25) is 5.91 Å². The Balaban J connectivity index is 0.00000200. The van der Waals surface area contributed by atoms with Crippen LogP contribution in [0.2, 0.25) is 0 Å². The van der Waals surface area contributed by atoms with Gasteiger partial charge in [-0.3, -0.25) is 4.79 Å². The van der Waals surface area contributed by atoms with Crippen molar-refractivity contribution >= 4 is 39.5 Å². The molecular weight excluding hydrogens is 320 g/mol. The van der Waals surface area contributed by atoms with Crippen molar-refractivity contribution in [2.45, 2.75) is 24.1 Å². The van der Waals surface area contributed by atoms with Crippen molar-refractivity contribution in [2.75, 3.05) is 19.3 Å². The second-order valence-corrected chi connectivity index (χ2v) is 7.94. The van der Waals surface area contributed by atoms with Crippen molar-refractivity contribution in [2.24, 2.45) is 0 Å². The quantitative estimate of drug-likeness (QED) is 0.857. The fourth-order valence-corrected chi connectivity index (χ4v) is 4.36. The van der Waals surface area contributed by atoms with E-state index in [1.165, 1.54) is 0 Å². The number of hydrogen-bond acceptors (Lipinski definition) is 5. The average molecular weight is 339 g/mol. The van der Waals surface area contributed by atoms with Crippen LogP contribution in [0.15, 0.2) is 16.8 Å². The molecule has 1 fully saturated rings. The summed E-state index contributed by atoms with van der Waals surface area (Å²) >= 11 is 1.55. The molecule has 0 saturated carbocycles. The lowest BCUT2D eigenvalue weighted by atomic mass is 9.96. The molecule has 5 nitrogen and oxygen atoms in total. The highest BCUT2D eigenvalue weighted by molar-refractivity contribution is 7.92. The Morgan fingerprint density at radius 3 is 2.60 bits per heavy atom. The van der Waals surface area contributed by atoms with E-state index in [0.29, 0.717) is 32.5 Å². The van der Waals surface area contributed by atoms with Gasteiger partial charge in [0.15, 0.2) is 14.6 Å². The van der Waals surface area contributed by atoms with Crippen LogP contribution in [-0.2, 0) is 21.2 Å². The highest BCUT2D eigenvalue weighted by Gasteiger charge is 2.48. The first-order valence-corrected chi connectivity index (χ1v) is 8.99. The first-order chi connectivity index (χ1) is 8.96. The summed E-state index contributed by atoms with van der Waals surface area (Å²) in [5.74, 6) is -0.372. The molecule has 1 aliphatic heterocycles. The average Bonchev–Trinajstić information content (AvgIpc) is 2.88. The van der Waals surface area contributed by atoms with Gasteiger partial charge in [0.25, 0.3) is 0 Å². The number of nitrogens with one attached hydrogen (secondary N) is 2. The van der Waals surface area contributed by atoms with E-state index in [1.807, 2.05) is 16.8 Å². The van der Waals surface area contributed by atoms with Gasteiger partial charge in [-0.2, -0.15) is 11.3 Å². The van der Waals surface area contributed by atoms with Crippen LogP contribution in [0.5, 0.6) is 0 Å². The lowest BCUT2D eigenvalue weighted by Gasteiger charge is -2.34. The van der Waals surface area contributed by atoms with E-state index in [9.17, 15) is 13.2 Å². The maximum absolute atomic E-state index is 12.3. The SMILES string of the molecule is CS(=O)(=O)C1(C(=O)NCc2ccsc2)CCNCC1.Cl. The number of sulfone groups is 1. The van der Waals surface area contributed by atoms with Gasteiger partial charge in [-0.1, -0.05) is 0 Å². The Bertz CT molecular complexity index is 537. The molecule has 0 spiro atoms. The van der Waals surface area contributed by atoms with Crippen molar-refractivity contribution in [3.63, 3.8) is 0 Å². The number of halogens is 1. The molecule has 8 heteroatoms. The van der Waals surface area contributed by atoms with Crippen LogP contribution in [0, 0.1) is 0 Å². The normalized spacial score (nSPS) is 18.1. The van der Waals surface area contributed by atoms with Crippen molar-refractivity contribution in [3.05, 3.63) is 22.4 Å². The molecule has 2 heterocycles. The zero-order chi connectivity index (χ0) is 13.9. The number of thiophene rings is 1. The van der Waals surface area contributed by atoms with E-state index < -0.39 is 14.6 Å². The van der Waals surface area contributed by atoms with Gasteiger partial charge in [0.05, 0.1) is 0 Å². The number of rotatable bonds is 4. The van der Waals surface area contributed by atoms with E-state index in [-0.39, 0.29) is 18.3 Å². The highest BCUT2D eigenvalue weighted by atomic mass is 35.5. The molecule has 0 unspecified atom stereocenters. The molecule has 114 valence electrons. The van der Waals surface area contributed by atoms with Crippen molar-refractivity contribution in [1.29, 1.82) is 0 Å². The Hall–Kier alpha value is -0.630. The first kappa shape index (κ1) is 17.4. The van der Waals surface area contributed by atoms with Gasteiger partial charge in [-0.05, 0) is 48.3 Å². The third-order valence-corrected chi connectivity index (χ3v) is 6.31. The molecule has 1 saturated heterocycles. The predicted octanol–water partition coefficient (Wildman–Crippen LogP) is 0.953. The first-order valence-electron chi connectivity index (χ1n) is 6.15. The highest BCUT2D eigenvalue weighted by Crippen LogP contribution is 2.28. The van der Waals surface area contributed by atoms with Gasteiger partial charge in [0, 0.05) is 12.8 Å². The van der Waals surface area contributed by atoms with Gasteiger partial charge in [0.1, 0.15) is 0 Å². The van der Waals surface area contributed by atoms with Crippen molar-refractivity contribution in [1.82, 2.24) is 10.6 Å². The summed E-state index contributed by atoms with van der Waals surface area (Å²) in [6.45, 7) is 1.49. The minimum atomic E-state index is -3.43. The number of carbonyl (C=O) groups is 1. The fourth-order valence-electron chi connectivity index (χ4n) is 2.33. The zero-order valence-electron chi connectivity index (χ0n) is 11.2. The summed E-state index contributed by atoms with van der Waals surface area (Å²) in [5.41, 5.74) is 0.996. The third kappa shape index (κ3) is 3.52. The van der Waals surface area contributed by atoms with E-state index in [0.717, 1.165) is 11.8 Å². The van der Waals surface area contributed by atoms with Crippen LogP contribution in [0.25, 0.3) is 0 Å². The van der Waals surface area contributed by atoms with Crippen LogP contribution in [0.1, 0.15) is 18.4 Å². The number of carbonyl (C=O) groups excluding carboxylic acids is 1. The topological polar surface area (TPSA) is 75.3 Å². The molecule has 2 N–H and O–H groups in total. The standard InChI is InChI=1S/C12H18N2O3S2.ClH/c1-19(16,17)12(3-5-13-6-4-12)11(15)14-8-10-2-7-18-9-10;/h2,7,9,13H,3-6,8H2,1H3,(H,14,15);1H. The molecule has 0 radical (unpaired) electrons. The maximum Gasteiger partial charge on any atom is 0.241 e. The molecule has 0 aliphatic carbocycles. The van der Waals surface area contributed by atoms with Gasteiger partial charge >= 0.3 is 0 Å². The summed E-state index contributed by atoms with van der Waals surface area (Å²) in [4.78, 5) is 12.3. The maximum atomic E-state index is 12.3. The third-order valence-electron chi connectivity index (χ3n) is 3.57. The largest absolute Gasteiger partial charge is 0.351 e. The monoisotopic (exact) mass is 338 g/mol. The second kappa shape index (κ2) is 6.89. The van der Waals surface area contributed by atoms with Crippen LogP contribution in [0.4, 0.5) is 0 Å². The van der Waals surface area contributed by atoms with Gasteiger partial charge in [-0.15, -0.1) is 12.4 Å². The summed E-state index contributed by atoms with van der Waals surface area (Å²) in [6.07, 6.45) is 1.82. The Kier molecular flexibility index (Phi) is 6.00. The van der Waals surface area contributed by atoms with E-state index >= 15 is 0 Å². The van der Waals surface area contributed by atoms with E-state index in [4.69, 9.17) is 0 Å². The number of hydrogen-bond donors (Lipinski definition) is 2. The summed E-state index contributed by atoms with van der Waals surface area (Å²) in [6, 6.07) is 1.92. The minimum Gasteiger partial charge on any atom is -0.351 e. The lowest BCUT2D eigenvalue weighted by molar-refractivity contribution is -0.124. The molecule has 1 aromatic heterocycles. The van der Waals surface area contributed by atoms with Gasteiger partial charge < -0.3 is 10.6 Å². The summed E-state index contributed by atoms with van der Waals surface area (Å²) in [7, 11) is -3.43. The van der Waals surface area contributed by atoms with E-state index in [2.05, 4.69) is 10.6 Å². The van der Waals surface area contributed by atoms with Crippen molar-refractivity contribution < 1.29 is 13.2 Å². The van der Waals surface area contributed by atoms with Gasteiger partial charge in [-0.25, -0.2) is 8.42 Å². The molecule has 2 rings (SSSR count). The minimum absolute atomic E-state index is 0. The zero-order valence-corrected chi connectivity index (χ0v) is 13.7. The number of piperidine rings is 1. The number of amides is 1. The summed E-state index contributed by atoms with van der Waals surface area (Å²) < 4.78 is 22.8. The smallest absolute Gasteiger partial charge is 0.241 e. The lowest BCUT2D eigenvalue weighted by Crippen LogP contribution is -2.57. The predicted molar refractivity (Wildman–Crippen MR) is 83.1 cm³/mol. The molecule has 1 amide bonds. The Labute approximate surface area is 129 Å². The fraction of sp³-hybridized carbons (Fsp3) is 0.583. The van der Waals surface area contributed by atoms with Crippen LogP contribution >= 0.6 is 23.7 Å². The molecule has 1 aromatic rings. The van der Waals surface area contributed by atoms with Crippen molar-refractivity contribution in [3.8, 4) is 0 Å². The molecule has 0 aromatic carbocycles. The summed E-state index contributed by atoms with van der Waals surface area (Å²) in [5, 5.41) is 9.73. The Morgan fingerprint density at radius 1 is 1.45 bits per heavy atom. The molecule has 20 heavy (non-hydrogen) atoms. The van der Waals surface area contributed by atoms with E-state index in [1.54, 1.807) is 11.3 Å². The Morgan fingerprint density at radius 2 is 2.10 bits per heavy atom. The van der Waals surface area contributed by atoms with Crippen LogP contribution in [0.3, 0.4) is 0 Å². The molecule has 0 atom stereocenters.